The Labute approximate surface area is 209 Å². The van der Waals surface area contributed by atoms with Gasteiger partial charge in [0.2, 0.25) is 6.73 Å². The second kappa shape index (κ2) is 12.0. The summed E-state index contributed by atoms with van der Waals surface area (Å²) in [5.41, 5.74) is 5.36. The molecule has 178 valence electrons. The number of ether oxygens (including phenoxy) is 1. The van der Waals surface area contributed by atoms with Crippen molar-refractivity contribution >= 4 is 34.0 Å². The summed E-state index contributed by atoms with van der Waals surface area (Å²) in [6.07, 6.45) is -0.0532. The van der Waals surface area contributed by atoms with E-state index in [1.54, 1.807) is 0 Å². The fraction of sp³-hybridized carbons (Fsp3) is 0.129. The molecule has 0 aliphatic carbocycles. The van der Waals surface area contributed by atoms with E-state index in [0.29, 0.717) is 11.2 Å². The molecule has 35 heavy (non-hydrogen) atoms. The lowest BCUT2D eigenvalue weighted by Crippen LogP contribution is -2.74. The Hall–Kier alpha value is -3.89. The van der Waals surface area contributed by atoms with Crippen LogP contribution in [0.25, 0.3) is 0 Å². The van der Waals surface area contributed by atoms with E-state index in [2.05, 4.69) is 128 Å². The van der Waals surface area contributed by atoms with Crippen LogP contribution in [-0.4, -0.2) is 44.5 Å². The molecule has 0 N–H and O–H groups in total. The van der Waals surface area contributed by atoms with Crippen molar-refractivity contribution in [2.75, 3.05) is 27.9 Å². The molecule has 0 heterocycles. The molecule has 4 rings (SSSR count). The topological polar surface area (TPSA) is 26.3 Å². The molecule has 0 aromatic heterocycles. The maximum atomic E-state index is 10.5. The fourth-order valence-electron chi connectivity index (χ4n) is 4.44. The average molecular weight is 463 g/mol. The summed E-state index contributed by atoms with van der Waals surface area (Å²) in [6, 6.07) is 43.5. The Morgan fingerprint density at radius 3 is 1.17 bits per heavy atom. The molecule has 0 saturated carbocycles. The average Bonchev–Trinajstić information content (AvgIpc) is 2.90. The highest BCUT2D eigenvalue weighted by molar-refractivity contribution is 7.19. The lowest BCUT2D eigenvalue weighted by atomic mass is 9.13. The van der Waals surface area contributed by atoms with Crippen LogP contribution in [0.2, 0.25) is 0 Å². The maximum absolute atomic E-state index is 10.5. The number of nitrogens with zero attached hydrogens (tertiary/aromatic N) is 1. The third-order valence-electron chi connectivity index (χ3n) is 5.96. The molecular weight excluding hydrogens is 429 g/mol. The highest BCUT2D eigenvalue weighted by Crippen LogP contribution is 2.09. The van der Waals surface area contributed by atoms with Crippen molar-refractivity contribution in [2.45, 2.75) is 0 Å². The van der Waals surface area contributed by atoms with Crippen LogP contribution in [0.4, 0.5) is 0 Å². The summed E-state index contributed by atoms with van der Waals surface area (Å²) in [7, 11) is 5.82. The van der Waals surface area contributed by atoms with Crippen LogP contribution in [0.3, 0.4) is 0 Å². The van der Waals surface area contributed by atoms with Crippen LogP contribution < -0.4 is 21.9 Å². The number of hydrogen-bond acceptors (Lipinski definition) is 2. The molecule has 4 heteroatoms. The second-order valence-corrected chi connectivity index (χ2v) is 9.60. The van der Waals surface area contributed by atoms with Gasteiger partial charge in [0.25, 0.3) is 0 Å². The van der Waals surface area contributed by atoms with E-state index in [4.69, 9.17) is 4.74 Å². The molecule has 0 aliphatic heterocycles. The van der Waals surface area contributed by atoms with Gasteiger partial charge in [0.15, 0.2) is 0 Å². The third-order valence-corrected chi connectivity index (χ3v) is 5.96. The lowest BCUT2D eigenvalue weighted by molar-refractivity contribution is -0.888. The zero-order valence-corrected chi connectivity index (χ0v) is 20.9. The smallest absolute Gasteiger partial charge is 0.334 e. The zero-order chi connectivity index (χ0) is 25.2. The fourth-order valence-corrected chi connectivity index (χ4v) is 4.44. The standard InChI is InChI=1S/C24H20B.C7H14NO2/c1-5-13-21(14-6-1)25(22-15-7-2-8-16-22,23-17-9-3-10-18-23)24-19-11-4-12-20-24;1-5-7(9)10-6-8(2,3)4/h1-20H;5H,1,6H2,2-4H3/q-1;+1. The first-order valence-corrected chi connectivity index (χ1v) is 11.8. The van der Waals surface area contributed by atoms with Crippen molar-refractivity contribution < 1.29 is 14.0 Å². The minimum absolute atomic E-state index is 0.368. The highest BCUT2D eigenvalue weighted by atomic mass is 16.5. The first-order chi connectivity index (χ1) is 16.9. The molecule has 0 radical (unpaired) electrons. The summed E-state index contributed by atoms with van der Waals surface area (Å²) < 4.78 is 5.38. The van der Waals surface area contributed by atoms with E-state index in [9.17, 15) is 4.79 Å². The van der Waals surface area contributed by atoms with Gasteiger partial charge in [0.1, 0.15) is 6.15 Å². The van der Waals surface area contributed by atoms with Crippen LogP contribution >= 0.6 is 0 Å². The molecule has 0 unspecified atom stereocenters. The predicted molar refractivity (Wildman–Crippen MR) is 149 cm³/mol. The van der Waals surface area contributed by atoms with Crippen LogP contribution in [0.1, 0.15) is 0 Å². The number of rotatable bonds is 7. The summed E-state index contributed by atoms with van der Waals surface area (Å²) in [4.78, 5) is 10.5. The Morgan fingerprint density at radius 2 is 0.943 bits per heavy atom. The number of hydrogen-bond donors (Lipinski definition) is 0. The normalized spacial score (nSPS) is 11.1. The predicted octanol–water partition coefficient (Wildman–Crippen LogP) is 3.44. The van der Waals surface area contributed by atoms with Crippen LogP contribution in [0.5, 0.6) is 0 Å². The van der Waals surface area contributed by atoms with Crippen LogP contribution in [0.15, 0.2) is 134 Å². The monoisotopic (exact) mass is 463 g/mol. The molecule has 4 aromatic rings. The van der Waals surface area contributed by atoms with Crippen LogP contribution in [0, 0.1) is 0 Å². The van der Waals surface area contributed by atoms with Gasteiger partial charge in [0, 0.05) is 6.08 Å². The molecule has 0 atom stereocenters. The molecule has 3 nitrogen and oxygen atoms in total. The van der Waals surface area contributed by atoms with Crippen molar-refractivity contribution in [3.05, 3.63) is 134 Å². The number of quaternary nitrogens is 1. The number of carbonyl (C=O) groups excluding carboxylic acids is 1. The van der Waals surface area contributed by atoms with Crippen molar-refractivity contribution in [3.63, 3.8) is 0 Å². The first kappa shape index (κ1) is 25.7. The van der Waals surface area contributed by atoms with Crippen molar-refractivity contribution in [1.29, 1.82) is 0 Å². The number of benzene rings is 4. The largest absolute Gasteiger partial charge is 0.412 e. The zero-order valence-electron chi connectivity index (χ0n) is 20.9. The molecule has 0 saturated heterocycles. The van der Waals surface area contributed by atoms with Crippen molar-refractivity contribution in [2.24, 2.45) is 0 Å². The Kier molecular flexibility index (Phi) is 8.83. The van der Waals surface area contributed by atoms with E-state index in [0.717, 1.165) is 6.08 Å². The Morgan fingerprint density at radius 1 is 0.657 bits per heavy atom. The SMILES string of the molecule is C=CC(=O)OC[N+](C)(C)C.c1ccc([B-](c2ccccc2)(c2ccccc2)c2ccccc2)cc1. The molecule has 0 bridgehead atoms. The maximum Gasteiger partial charge on any atom is 0.334 e. The van der Waals surface area contributed by atoms with Gasteiger partial charge < -0.3 is 4.74 Å². The molecular formula is C31H34BNO2. The van der Waals surface area contributed by atoms with Gasteiger partial charge in [-0.05, 0) is 0 Å². The van der Waals surface area contributed by atoms with Gasteiger partial charge in [-0.2, -0.15) is 21.9 Å². The quantitative estimate of drug-likeness (QED) is 0.138. The summed E-state index contributed by atoms with van der Waals surface area (Å²) in [5, 5.41) is 0. The Balaban J connectivity index is 0.000000292. The van der Waals surface area contributed by atoms with E-state index in [1.807, 2.05) is 21.1 Å². The van der Waals surface area contributed by atoms with Gasteiger partial charge >= 0.3 is 5.97 Å². The Bertz CT molecular complexity index is 1020. The van der Waals surface area contributed by atoms with Crippen molar-refractivity contribution in [1.82, 2.24) is 0 Å². The second-order valence-electron chi connectivity index (χ2n) is 9.60. The van der Waals surface area contributed by atoms with Gasteiger partial charge in [0.05, 0.1) is 21.1 Å². The van der Waals surface area contributed by atoms with E-state index >= 15 is 0 Å². The van der Waals surface area contributed by atoms with Gasteiger partial charge in [-0.1, -0.05) is 128 Å². The van der Waals surface area contributed by atoms with E-state index < -0.39 is 6.15 Å². The highest BCUT2D eigenvalue weighted by Gasteiger charge is 2.31. The number of carbonyl (C=O) groups is 1. The first-order valence-electron chi connectivity index (χ1n) is 11.8. The molecule has 4 aromatic carbocycles. The summed E-state index contributed by atoms with van der Waals surface area (Å²) in [5.74, 6) is -0.368. The van der Waals surface area contributed by atoms with Gasteiger partial charge in [-0.3, -0.25) is 4.48 Å². The molecule has 0 aliphatic rings. The summed E-state index contributed by atoms with van der Waals surface area (Å²) >= 11 is 0. The van der Waals surface area contributed by atoms with E-state index in [-0.39, 0.29) is 5.97 Å². The molecule has 0 fully saturated rings. The third kappa shape index (κ3) is 6.59. The molecule has 0 spiro atoms. The van der Waals surface area contributed by atoms with Crippen molar-refractivity contribution in [3.8, 4) is 0 Å². The van der Waals surface area contributed by atoms with E-state index in [1.165, 1.54) is 21.9 Å². The lowest BCUT2D eigenvalue weighted by Gasteiger charge is -2.44. The minimum Gasteiger partial charge on any atom is -0.412 e. The van der Waals surface area contributed by atoms with Crippen LogP contribution in [-0.2, 0) is 9.53 Å². The van der Waals surface area contributed by atoms with Gasteiger partial charge in [-0.25, -0.2) is 4.79 Å². The minimum atomic E-state index is -1.22. The summed E-state index contributed by atoms with van der Waals surface area (Å²) in [6.45, 7) is 3.66. The number of esters is 1. The molecule has 0 amide bonds. The van der Waals surface area contributed by atoms with Gasteiger partial charge in [-0.15, -0.1) is 0 Å².